The van der Waals surface area contributed by atoms with Crippen LogP contribution in [0, 0.1) is 6.92 Å². The van der Waals surface area contributed by atoms with Crippen LogP contribution in [0.3, 0.4) is 0 Å². The van der Waals surface area contributed by atoms with Gasteiger partial charge in [-0.15, -0.1) is 0 Å². The first-order valence-corrected chi connectivity index (χ1v) is 9.19. The molecule has 1 fully saturated rings. The quantitative estimate of drug-likeness (QED) is 0.754. The summed E-state index contributed by atoms with van der Waals surface area (Å²) in [7, 11) is -0.211. The maximum atomic E-state index is 12.6. The van der Waals surface area contributed by atoms with Crippen molar-refractivity contribution < 1.29 is 17.9 Å². The van der Waals surface area contributed by atoms with Gasteiger partial charge in [0.05, 0.1) is 19.1 Å². The van der Waals surface area contributed by atoms with Crippen molar-refractivity contribution in [2.75, 3.05) is 20.8 Å². The Bertz CT molecular complexity index is 831. The van der Waals surface area contributed by atoms with Crippen molar-refractivity contribution in [1.82, 2.24) is 4.31 Å². The molecule has 0 amide bonds. The monoisotopic (exact) mass is 347 g/mol. The van der Waals surface area contributed by atoms with Gasteiger partial charge in [-0.25, -0.2) is 8.42 Å². The summed E-state index contributed by atoms with van der Waals surface area (Å²) in [6, 6.07) is 12.5. The van der Waals surface area contributed by atoms with Crippen molar-refractivity contribution in [2.45, 2.75) is 24.3 Å². The zero-order valence-corrected chi connectivity index (χ0v) is 14.8. The van der Waals surface area contributed by atoms with E-state index in [0.717, 1.165) is 16.9 Å². The van der Waals surface area contributed by atoms with Gasteiger partial charge in [0.15, 0.2) is 0 Å². The molecule has 1 heterocycles. The zero-order valence-electron chi connectivity index (χ0n) is 14.0. The molecule has 6 heteroatoms. The fraction of sp³-hybridized carbons (Fsp3) is 0.333. The number of hydrogen-bond donors (Lipinski definition) is 0. The summed E-state index contributed by atoms with van der Waals surface area (Å²) in [4.78, 5) is 0.345. The lowest BCUT2D eigenvalue weighted by Gasteiger charge is -2.11. The first-order valence-electron chi connectivity index (χ1n) is 7.75. The number of ether oxygens (including phenoxy) is 2. The average Bonchev–Trinajstić information content (AvgIpc) is 3.35. The van der Waals surface area contributed by atoms with Gasteiger partial charge in [-0.1, -0.05) is 23.8 Å². The van der Waals surface area contributed by atoms with Crippen LogP contribution in [-0.4, -0.2) is 39.5 Å². The van der Waals surface area contributed by atoms with Crippen molar-refractivity contribution in [3.63, 3.8) is 0 Å². The van der Waals surface area contributed by atoms with Crippen molar-refractivity contribution in [2.24, 2.45) is 0 Å². The SMILES string of the molecule is COc1ccc(CC2CN2S(=O)(=O)c2ccc(C)cc2)c(OC)c1. The van der Waals surface area contributed by atoms with Crippen LogP contribution < -0.4 is 9.47 Å². The molecule has 0 saturated carbocycles. The molecule has 0 bridgehead atoms. The molecular formula is C18H21NO4S. The van der Waals surface area contributed by atoms with Crippen LogP contribution in [0.15, 0.2) is 47.4 Å². The Morgan fingerprint density at radius 1 is 1.08 bits per heavy atom. The van der Waals surface area contributed by atoms with Gasteiger partial charge in [-0.2, -0.15) is 4.31 Å². The van der Waals surface area contributed by atoms with Crippen LogP contribution in [0.5, 0.6) is 11.5 Å². The number of benzene rings is 2. The summed E-state index contributed by atoms with van der Waals surface area (Å²) in [6.07, 6.45) is 0.623. The molecular weight excluding hydrogens is 326 g/mol. The maximum Gasteiger partial charge on any atom is 0.243 e. The van der Waals surface area contributed by atoms with E-state index >= 15 is 0 Å². The van der Waals surface area contributed by atoms with Crippen molar-refractivity contribution in [3.8, 4) is 11.5 Å². The number of rotatable bonds is 6. The van der Waals surface area contributed by atoms with E-state index in [1.165, 1.54) is 4.31 Å². The van der Waals surface area contributed by atoms with E-state index in [0.29, 0.717) is 23.6 Å². The molecule has 2 aromatic rings. The molecule has 1 aliphatic heterocycles. The minimum absolute atomic E-state index is 0.0291. The lowest BCUT2D eigenvalue weighted by Crippen LogP contribution is -2.15. The molecule has 1 aliphatic rings. The Kier molecular flexibility index (Phi) is 4.51. The molecule has 24 heavy (non-hydrogen) atoms. The van der Waals surface area contributed by atoms with Crippen LogP contribution in [0.4, 0.5) is 0 Å². The van der Waals surface area contributed by atoms with Gasteiger partial charge in [0.2, 0.25) is 10.0 Å². The van der Waals surface area contributed by atoms with Crippen LogP contribution in [0.25, 0.3) is 0 Å². The minimum atomic E-state index is -3.42. The Hall–Kier alpha value is -2.05. The van der Waals surface area contributed by atoms with E-state index in [1.807, 2.05) is 37.3 Å². The number of hydrogen-bond acceptors (Lipinski definition) is 4. The molecule has 0 N–H and O–H groups in total. The largest absolute Gasteiger partial charge is 0.497 e. The topological polar surface area (TPSA) is 55.6 Å². The summed E-state index contributed by atoms with van der Waals surface area (Å²) in [5.74, 6) is 1.43. The van der Waals surface area contributed by atoms with Gasteiger partial charge in [-0.3, -0.25) is 0 Å². The Balaban J connectivity index is 1.75. The first kappa shape index (κ1) is 16.8. The third-order valence-corrected chi connectivity index (χ3v) is 6.17. The van der Waals surface area contributed by atoms with Gasteiger partial charge < -0.3 is 9.47 Å². The molecule has 0 radical (unpaired) electrons. The molecule has 2 atom stereocenters. The predicted octanol–water partition coefficient (Wildman–Crippen LogP) is 2.63. The molecule has 1 saturated heterocycles. The zero-order chi connectivity index (χ0) is 17.3. The molecule has 3 rings (SSSR count). The number of methoxy groups -OCH3 is 2. The highest BCUT2D eigenvalue weighted by Crippen LogP contribution is 2.34. The van der Waals surface area contributed by atoms with E-state index in [4.69, 9.17) is 9.47 Å². The van der Waals surface area contributed by atoms with Gasteiger partial charge in [-0.05, 0) is 37.1 Å². The third kappa shape index (κ3) is 3.25. The van der Waals surface area contributed by atoms with Crippen molar-refractivity contribution in [3.05, 3.63) is 53.6 Å². The lowest BCUT2D eigenvalue weighted by atomic mass is 10.1. The van der Waals surface area contributed by atoms with Crippen LogP contribution in [-0.2, 0) is 16.4 Å². The highest BCUT2D eigenvalue weighted by Gasteiger charge is 2.44. The van der Waals surface area contributed by atoms with Gasteiger partial charge in [0, 0.05) is 18.7 Å². The minimum Gasteiger partial charge on any atom is -0.497 e. The lowest BCUT2D eigenvalue weighted by molar-refractivity contribution is 0.390. The van der Waals surface area contributed by atoms with Crippen molar-refractivity contribution >= 4 is 10.0 Å². The average molecular weight is 347 g/mol. The molecule has 2 unspecified atom stereocenters. The predicted molar refractivity (Wildman–Crippen MR) is 92.1 cm³/mol. The standard InChI is InChI=1S/C18H21NO4S/c1-13-4-8-17(9-5-13)24(20,21)19-12-15(19)10-14-6-7-16(22-2)11-18(14)23-3/h4-9,11,15H,10,12H2,1-3H3. The summed E-state index contributed by atoms with van der Waals surface area (Å²) >= 11 is 0. The highest BCUT2D eigenvalue weighted by atomic mass is 32.2. The molecule has 2 aromatic carbocycles. The molecule has 0 spiro atoms. The second-order valence-electron chi connectivity index (χ2n) is 5.92. The summed E-state index contributed by atoms with van der Waals surface area (Å²) in [5.41, 5.74) is 2.02. The number of aryl methyl sites for hydroxylation is 1. The maximum absolute atomic E-state index is 12.6. The van der Waals surface area contributed by atoms with E-state index in [2.05, 4.69) is 0 Å². The van der Waals surface area contributed by atoms with Gasteiger partial charge in [0.1, 0.15) is 11.5 Å². The Labute approximate surface area is 142 Å². The van der Waals surface area contributed by atoms with Crippen LogP contribution in [0.2, 0.25) is 0 Å². The molecule has 128 valence electrons. The fourth-order valence-electron chi connectivity index (χ4n) is 2.74. The van der Waals surface area contributed by atoms with Gasteiger partial charge in [0.25, 0.3) is 0 Å². The van der Waals surface area contributed by atoms with Gasteiger partial charge >= 0.3 is 0 Å². The van der Waals surface area contributed by atoms with E-state index < -0.39 is 10.0 Å². The summed E-state index contributed by atoms with van der Waals surface area (Å²) < 4.78 is 37.4. The Morgan fingerprint density at radius 3 is 2.42 bits per heavy atom. The number of nitrogens with zero attached hydrogens (tertiary/aromatic N) is 1. The van der Waals surface area contributed by atoms with E-state index in [-0.39, 0.29) is 6.04 Å². The number of sulfonamides is 1. The highest BCUT2D eigenvalue weighted by molar-refractivity contribution is 7.89. The summed E-state index contributed by atoms with van der Waals surface area (Å²) in [6.45, 7) is 2.47. The molecule has 0 aromatic heterocycles. The van der Waals surface area contributed by atoms with E-state index in [9.17, 15) is 8.42 Å². The Morgan fingerprint density at radius 2 is 1.79 bits per heavy atom. The second-order valence-corrected chi connectivity index (χ2v) is 7.81. The fourth-order valence-corrected chi connectivity index (χ4v) is 4.33. The van der Waals surface area contributed by atoms with E-state index in [1.54, 1.807) is 26.4 Å². The van der Waals surface area contributed by atoms with Crippen LogP contribution in [0.1, 0.15) is 11.1 Å². The smallest absolute Gasteiger partial charge is 0.243 e. The molecule has 0 aliphatic carbocycles. The summed E-state index contributed by atoms with van der Waals surface area (Å²) in [5, 5.41) is 0. The first-order chi connectivity index (χ1) is 11.5. The third-order valence-electron chi connectivity index (χ3n) is 4.24. The normalized spacial score (nSPS) is 19.8. The molecule has 5 nitrogen and oxygen atoms in total. The van der Waals surface area contributed by atoms with Crippen molar-refractivity contribution in [1.29, 1.82) is 0 Å². The van der Waals surface area contributed by atoms with Crippen LogP contribution >= 0.6 is 0 Å². The second kappa shape index (κ2) is 6.45.